The molecule has 2 aromatic carbocycles. The van der Waals surface area contributed by atoms with Gasteiger partial charge in [0.05, 0.1) is 14.2 Å². The Morgan fingerprint density at radius 2 is 1.64 bits per heavy atom. The van der Waals surface area contributed by atoms with Gasteiger partial charge in [0, 0.05) is 38.3 Å². The van der Waals surface area contributed by atoms with Crippen molar-refractivity contribution in [2.75, 3.05) is 53.6 Å². The number of hydrogen-bond acceptors (Lipinski definition) is 5. The maximum atomic E-state index is 12.8. The van der Waals surface area contributed by atoms with E-state index in [-0.39, 0.29) is 5.91 Å². The molecule has 0 radical (unpaired) electrons. The molecule has 1 amide bonds. The SMILES string of the molecule is COc1ccc(C(=O)N2CCN(CCOc3ccccc3C)CC2)cc1OC. The standard InChI is InChI=1S/C22H28N2O4/c1-17-6-4-5-7-19(17)28-15-14-23-10-12-24(13-11-23)22(25)18-8-9-20(26-2)21(16-18)27-3/h4-9,16H,10-15H2,1-3H3. The number of benzene rings is 2. The Morgan fingerprint density at radius 1 is 0.929 bits per heavy atom. The van der Waals surface area contributed by atoms with Crippen LogP contribution in [0.25, 0.3) is 0 Å². The summed E-state index contributed by atoms with van der Waals surface area (Å²) in [5.74, 6) is 2.15. The van der Waals surface area contributed by atoms with E-state index in [2.05, 4.69) is 4.90 Å². The largest absolute Gasteiger partial charge is 0.493 e. The topological polar surface area (TPSA) is 51.2 Å². The lowest BCUT2D eigenvalue weighted by Crippen LogP contribution is -2.49. The van der Waals surface area contributed by atoms with Gasteiger partial charge in [0.15, 0.2) is 11.5 Å². The Labute approximate surface area is 166 Å². The monoisotopic (exact) mass is 384 g/mol. The number of methoxy groups -OCH3 is 2. The summed E-state index contributed by atoms with van der Waals surface area (Å²) >= 11 is 0. The number of rotatable bonds is 7. The molecule has 1 heterocycles. The highest BCUT2D eigenvalue weighted by atomic mass is 16.5. The van der Waals surface area contributed by atoms with Crippen LogP contribution in [-0.2, 0) is 0 Å². The van der Waals surface area contributed by atoms with Crippen LogP contribution in [0.1, 0.15) is 15.9 Å². The van der Waals surface area contributed by atoms with Gasteiger partial charge in [0.1, 0.15) is 12.4 Å². The van der Waals surface area contributed by atoms with Gasteiger partial charge < -0.3 is 19.1 Å². The summed E-state index contributed by atoms with van der Waals surface area (Å²) in [7, 11) is 3.16. The molecule has 28 heavy (non-hydrogen) atoms. The van der Waals surface area contributed by atoms with Gasteiger partial charge in [-0.3, -0.25) is 9.69 Å². The molecule has 1 aliphatic rings. The fourth-order valence-corrected chi connectivity index (χ4v) is 3.33. The molecule has 0 atom stereocenters. The van der Waals surface area contributed by atoms with Crippen LogP contribution in [0.2, 0.25) is 0 Å². The highest BCUT2D eigenvalue weighted by Crippen LogP contribution is 2.28. The van der Waals surface area contributed by atoms with Gasteiger partial charge in [-0.2, -0.15) is 0 Å². The van der Waals surface area contributed by atoms with Crippen molar-refractivity contribution in [3.63, 3.8) is 0 Å². The van der Waals surface area contributed by atoms with E-state index in [9.17, 15) is 4.79 Å². The Kier molecular flexibility index (Phi) is 6.76. The third-order valence-corrected chi connectivity index (χ3v) is 5.05. The molecule has 0 bridgehead atoms. The fourth-order valence-electron chi connectivity index (χ4n) is 3.33. The molecule has 2 aromatic rings. The minimum atomic E-state index is 0.0248. The van der Waals surface area contributed by atoms with E-state index in [4.69, 9.17) is 14.2 Å². The number of carbonyl (C=O) groups is 1. The summed E-state index contributed by atoms with van der Waals surface area (Å²) in [5.41, 5.74) is 1.77. The Balaban J connectivity index is 1.48. The van der Waals surface area contributed by atoms with E-state index < -0.39 is 0 Å². The Hall–Kier alpha value is -2.73. The second-order valence-corrected chi connectivity index (χ2v) is 6.82. The van der Waals surface area contributed by atoms with Crippen molar-refractivity contribution in [3.05, 3.63) is 53.6 Å². The van der Waals surface area contributed by atoms with Crippen molar-refractivity contribution in [1.82, 2.24) is 9.80 Å². The second-order valence-electron chi connectivity index (χ2n) is 6.82. The summed E-state index contributed by atoms with van der Waals surface area (Å²) in [6.07, 6.45) is 0. The molecule has 0 aliphatic carbocycles. The molecular weight excluding hydrogens is 356 g/mol. The van der Waals surface area contributed by atoms with Crippen LogP contribution in [0.3, 0.4) is 0 Å². The molecule has 0 N–H and O–H groups in total. The average Bonchev–Trinajstić information content (AvgIpc) is 2.74. The number of carbonyl (C=O) groups excluding carboxylic acids is 1. The van der Waals surface area contributed by atoms with Gasteiger partial charge in [0.2, 0.25) is 0 Å². The zero-order valence-electron chi connectivity index (χ0n) is 16.8. The summed E-state index contributed by atoms with van der Waals surface area (Å²) < 4.78 is 16.4. The van der Waals surface area contributed by atoms with Crippen LogP contribution >= 0.6 is 0 Å². The molecule has 0 saturated carbocycles. The van der Waals surface area contributed by atoms with Gasteiger partial charge in [-0.25, -0.2) is 0 Å². The van der Waals surface area contributed by atoms with Crippen molar-refractivity contribution in [2.45, 2.75) is 6.92 Å². The van der Waals surface area contributed by atoms with Crippen molar-refractivity contribution < 1.29 is 19.0 Å². The fraction of sp³-hybridized carbons (Fsp3) is 0.409. The molecule has 6 nitrogen and oxygen atoms in total. The van der Waals surface area contributed by atoms with Crippen molar-refractivity contribution in [3.8, 4) is 17.2 Å². The van der Waals surface area contributed by atoms with E-state index >= 15 is 0 Å². The minimum Gasteiger partial charge on any atom is -0.493 e. The predicted molar refractivity (Wildman–Crippen MR) is 109 cm³/mol. The van der Waals surface area contributed by atoms with Crippen LogP contribution in [0, 0.1) is 6.92 Å². The first-order chi connectivity index (χ1) is 13.6. The number of nitrogens with zero attached hydrogens (tertiary/aromatic N) is 2. The lowest BCUT2D eigenvalue weighted by Gasteiger charge is -2.34. The number of amides is 1. The maximum Gasteiger partial charge on any atom is 0.254 e. The molecule has 6 heteroatoms. The number of aryl methyl sites for hydroxylation is 1. The van der Waals surface area contributed by atoms with Crippen LogP contribution in [-0.4, -0.2) is 69.3 Å². The Morgan fingerprint density at radius 3 is 2.32 bits per heavy atom. The first kappa shape index (κ1) is 20.0. The van der Waals surface area contributed by atoms with E-state index in [0.717, 1.165) is 30.9 Å². The van der Waals surface area contributed by atoms with Crippen LogP contribution in [0.4, 0.5) is 0 Å². The van der Waals surface area contributed by atoms with Crippen LogP contribution < -0.4 is 14.2 Å². The zero-order chi connectivity index (χ0) is 19.9. The summed E-state index contributed by atoms with van der Waals surface area (Å²) in [5, 5.41) is 0. The highest BCUT2D eigenvalue weighted by molar-refractivity contribution is 5.95. The molecule has 1 aliphatic heterocycles. The van der Waals surface area contributed by atoms with Crippen molar-refractivity contribution in [2.24, 2.45) is 0 Å². The van der Waals surface area contributed by atoms with Crippen LogP contribution in [0.5, 0.6) is 17.2 Å². The van der Waals surface area contributed by atoms with Gasteiger partial charge in [0.25, 0.3) is 5.91 Å². The first-order valence-corrected chi connectivity index (χ1v) is 9.54. The minimum absolute atomic E-state index is 0.0248. The third kappa shape index (κ3) is 4.75. The summed E-state index contributed by atoms with van der Waals surface area (Å²) in [6.45, 7) is 6.65. The predicted octanol–water partition coefficient (Wildman–Crippen LogP) is 2.85. The number of piperazine rings is 1. The number of para-hydroxylation sites is 1. The lowest BCUT2D eigenvalue weighted by molar-refractivity contribution is 0.0619. The van der Waals surface area contributed by atoms with Gasteiger partial charge in [-0.1, -0.05) is 18.2 Å². The third-order valence-electron chi connectivity index (χ3n) is 5.05. The first-order valence-electron chi connectivity index (χ1n) is 9.54. The van der Waals surface area contributed by atoms with Gasteiger partial charge in [-0.15, -0.1) is 0 Å². The van der Waals surface area contributed by atoms with Gasteiger partial charge in [-0.05, 0) is 36.8 Å². The maximum absolute atomic E-state index is 12.8. The number of ether oxygens (including phenoxy) is 3. The number of hydrogen-bond donors (Lipinski definition) is 0. The zero-order valence-corrected chi connectivity index (χ0v) is 16.8. The molecule has 0 unspecified atom stereocenters. The molecule has 1 saturated heterocycles. The van der Waals surface area contributed by atoms with E-state index in [1.807, 2.05) is 36.1 Å². The van der Waals surface area contributed by atoms with E-state index in [1.54, 1.807) is 32.4 Å². The van der Waals surface area contributed by atoms with Crippen molar-refractivity contribution >= 4 is 5.91 Å². The van der Waals surface area contributed by atoms with E-state index in [0.29, 0.717) is 36.8 Å². The van der Waals surface area contributed by atoms with Crippen molar-refractivity contribution in [1.29, 1.82) is 0 Å². The molecule has 0 spiro atoms. The average molecular weight is 384 g/mol. The highest BCUT2D eigenvalue weighted by Gasteiger charge is 2.23. The molecule has 0 aromatic heterocycles. The molecule has 3 rings (SSSR count). The Bertz CT molecular complexity index is 801. The smallest absolute Gasteiger partial charge is 0.254 e. The van der Waals surface area contributed by atoms with Gasteiger partial charge >= 0.3 is 0 Å². The second kappa shape index (κ2) is 9.46. The van der Waals surface area contributed by atoms with Crippen LogP contribution in [0.15, 0.2) is 42.5 Å². The van der Waals surface area contributed by atoms with E-state index in [1.165, 1.54) is 0 Å². The quantitative estimate of drug-likeness (QED) is 0.735. The summed E-state index contributed by atoms with van der Waals surface area (Å²) in [4.78, 5) is 17.0. The summed E-state index contributed by atoms with van der Waals surface area (Å²) in [6, 6.07) is 13.3. The normalized spacial score (nSPS) is 14.6. The molecular formula is C22H28N2O4. The molecule has 1 fully saturated rings. The molecule has 150 valence electrons. The lowest BCUT2D eigenvalue weighted by atomic mass is 10.1.